The lowest BCUT2D eigenvalue weighted by Gasteiger charge is -2.11. The Morgan fingerprint density at radius 3 is 2.64 bits per heavy atom. The average Bonchev–Trinajstić information content (AvgIpc) is 2.79. The van der Waals surface area contributed by atoms with Gasteiger partial charge in [-0.1, -0.05) is 13.8 Å². The Bertz CT molecular complexity index is 902. The number of fused-ring (bicyclic) bond motifs is 1. The highest BCUT2D eigenvalue weighted by Gasteiger charge is 2.17. The van der Waals surface area contributed by atoms with Crippen LogP contribution < -0.4 is 5.56 Å². The van der Waals surface area contributed by atoms with Gasteiger partial charge in [-0.25, -0.2) is 4.98 Å². The first-order valence-electron chi connectivity index (χ1n) is 7.17. The second-order valence-corrected chi connectivity index (χ2v) is 5.75. The van der Waals surface area contributed by atoms with Gasteiger partial charge in [0.1, 0.15) is 0 Å². The molecule has 0 atom stereocenters. The molecule has 0 unspecified atom stereocenters. The Hall–Kier alpha value is -2.63. The van der Waals surface area contributed by atoms with Crippen molar-refractivity contribution < 1.29 is 5.11 Å². The van der Waals surface area contributed by atoms with E-state index in [1.807, 2.05) is 27.7 Å². The van der Waals surface area contributed by atoms with Gasteiger partial charge in [0.25, 0.3) is 5.56 Å². The average molecular weight is 298 g/mol. The lowest BCUT2D eigenvalue weighted by Crippen LogP contribution is -2.20. The van der Waals surface area contributed by atoms with E-state index >= 15 is 0 Å². The van der Waals surface area contributed by atoms with E-state index in [1.54, 1.807) is 18.5 Å². The number of aryl methyl sites for hydroxylation is 2. The Balaban J connectivity index is 2.33. The molecule has 0 aliphatic heterocycles. The molecule has 0 aliphatic rings. The first-order valence-corrected chi connectivity index (χ1v) is 7.17. The molecular formula is C16H18N4O2. The number of rotatable bonds is 2. The molecule has 0 aliphatic carbocycles. The number of nitrogens with zero attached hydrogens (tertiary/aromatic N) is 3. The zero-order valence-electron chi connectivity index (χ0n) is 13.0. The second kappa shape index (κ2) is 4.98. The van der Waals surface area contributed by atoms with Gasteiger partial charge < -0.3 is 5.11 Å². The van der Waals surface area contributed by atoms with Gasteiger partial charge in [-0.05, 0) is 25.8 Å². The Morgan fingerprint density at radius 1 is 1.32 bits per heavy atom. The van der Waals surface area contributed by atoms with Gasteiger partial charge in [-0.2, -0.15) is 5.10 Å². The van der Waals surface area contributed by atoms with Crippen LogP contribution >= 0.6 is 0 Å². The van der Waals surface area contributed by atoms with Crippen molar-refractivity contribution in [1.29, 1.82) is 0 Å². The predicted molar refractivity (Wildman–Crippen MR) is 84.3 cm³/mol. The molecule has 6 nitrogen and oxygen atoms in total. The van der Waals surface area contributed by atoms with Crippen LogP contribution in [-0.2, 0) is 0 Å². The number of aromatic amines is 1. The van der Waals surface area contributed by atoms with Gasteiger partial charge in [0, 0.05) is 34.8 Å². The van der Waals surface area contributed by atoms with Crippen LogP contribution in [0.15, 0.2) is 23.3 Å². The largest absolute Gasteiger partial charge is 0.504 e. The quantitative estimate of drug-likeness (QED) is 0.761. The van der Waals surface area contributed by atoms with Crippen LogP contribution in [0.4, 0.5) is 0 Å². The lowest BCUT2D eigenvalue weighted by molar-refractivity contribution is 0.478. The minimum absolute atomic E-state index is 0.0116. The number of hydrogen-bond acceptors (Lipinski definition) is 4. The van der Waals surface area contributed by atoms with Crippen LogP contribution in [0.2, 0.25) is 0 Å². The summed E-state index contributed by atoms with van der Waals surface area (Å²) in [6, 6.07) is 1.72. The predicted octanol–water partition coefficient (Wildman–Crippen LogP) is 2.53. The molecule has 0 saturated heterocycles. The summed E-state index contributed by atoms with van der Waals surface area (Å²) in [4.78, 5) is 16.7. The lowest BCUT2D eigenvalue weighted by atomic mass is 10.0. The molecule has 3 aromatic heterocycles. The van der Waals surface area contributed by atoms with Crippen LogP contribution in [0, 0.1) is 13.8 Å². The minimum Gasteiger partial charge on any atom is -0.504 e. The van der Waals surface area contributed by atoms with Gasteiger partial charge in [0.2, 0.25) is 0 Å². The van der Waals surface area contributed by atoms with Crippen molar-refractivity contribution in [1.82, 2.24) is 19.6 Å². The van der Waals surface area contributed by atoms with Crippen molar-refractivity contribution in [3.8, 4) is 16.9 Å². The van der Waals surface area contributed by atoms with Crippen LogP contribution in [-0.4, -0.2) is 24.7 Å². The number of hydrogen-bond donors (Lipinski definition) is 2. The summed E-state index contributed by atoms with van der Waals surface area (Å²) >= 11 is 0. The molecule has 114 valence electrons. The van der Waals surface area contributed by atoms with Crippen molar-refractivity contribution >= 4 is 5.65 Å². The molecule has 3 rings (SSSR count). The molecule has 3 aromatic rings. The maximum Gasteiger partial charge on any atom is 0.261 e. The standard InChI is InChI=1S/C16H18N4O2/c1-8(2)12-7-17-15-14(21)11(5-6-20(15)16(12)22)13-9(3)18-19-10(13)4/h5-8,21H,1-4H3,(H,18,19). The third-order valence-electron chi connectivity index (χ3n) is 3.90. The Labute approximate surface area is 127 Å². The Kier molecular flexibility index (Phi) is 3.24. The second-order valence-electron chi connectivity index (χ2n) is 5.75. The summed E-state index contributed by atoms with van der Waals surface area (Å²) in [6.07, 6.45) is 3.19. The van der Waals surface area contributed by atoms with E-state index in [0.717, 1.165) is 17.0 Å². The molecule has 0 spiro atoms. The summed E-state index contributed by atoms with van der Waals surface area (Å²) in [6.45, 7) is 7.64. The van der Waals surface area contributed by atoms with Gasteiger partial charge >= 0.3 is 0 Å². The number of pyridine rings is 1. The highest BCUT2D eigenvalue weighted by molar-refractivity contribution is 5.79. The molecule has 0 aromatic carbocycles. The molecule has 0 radical (unpaired) electrons. The molecule has 6 heteroatoms. The monoisotopic (exact) mass is 298 g/mol. The molecule has 3 heterocycles. The van der Waals surface area contributed by atoms with Crippen molar-refractivity contribution in [2.75, 3.05) is 0 Å². The zero-order chi connectivity index (χ0) is 16.0. The topological polar surface area (TPSA) is 83.3 Å². The van der Waals surface area contributed by atoms with E-state index < -0.39 is 0 Å². The summed E-state index contributed by atoms with van der Waals surface area (Å²) in [5, 5.41) is 17.6. The molecule has 0 bridgehead atoms. The third kappa shape index (κ3) is 1.99. The van der Waals surface area contributed by atoms with Gasteiger partial charge in [0.05, 0.1) is 5.69 Å². The third-order valence-corrected chi connectivity index (χ3v) is 3.90. The first kappa shape index (κ1) is 14.3. The van der Waals surface area contributed by atoms with Crippen molar-refractivity contribution in [2.24, 2.45) is 0 Å². The molecule has 0 fully saturated rings. The molecule has 0 saturated carbocycles. The van der Waals surface area contributed by atoms with E-state index in [0.29, 0.717) is 11.1 Å². The summed E-state index contributed by atoms with van der Waals surface area (Å²) in [5.74, 6) is 0.0691. The number of aromatic hydroxyl groups is 1. The van der Waals surface area contributed by atoms with E-state index in [9.17, 15) is 9.90 Å². The summed E-state index contributed by atoms with van der Waals surface area (Å²) in [5.41, 5.74) is 3.83. The fourth-order valence-electron chi connectivity index (χ4n) is 2.69. The van der Waals surface area contributed by atoms with Crippen LogP contribution in [0.5, 0.6) is 5.75 Å². The van der Waals surface area contributed by atoms with Gasteiger partial charge in [0.15, 0.2) is 11.4 Å². The fourth-order valence-corrected chi connectivity index (χ4v) is 2.69. The van der Waals surface area contributed by atoms with Crippen molar-refractivity contribution in [3.05, 3.63) is 45.8 Å². The SMILES string of the molecule is Cc1n[nH]c(C)c1-c1ccn2c(=O)c(C(C)C)cnc2c1O. The minimum atomic E-state index is -0.150. The molecule has 0 amide bonds. The maximum absolute atomic E-state index is 12.4. The summed E-state index contributed by atoms with van der Waals surface area (Å²) in [7, 11) is 0. The fraction of sp³-hybridized carbons (Fsp3) is 0.312. The smallest absolute Gasteiger partial charge is 0.261 e. The molecule has 2 N–H and O–H groups in total. The van der Waals surface area contributed by atoms with E-state index in [-0.39, 0.29) is 22.9 Å². The van der Waals surface area contributed by atoms with Gasteiger partial charge in [-0.3, -0.25) is 14.3 Å². The van der Waals surface area contributed by atoms with E-state index in [4.69, 9.17) is 0 Å². The number of nitrogens with one attached hydrogen (secondary N) is 1. The first-order chi connectivity index (χ1) is 10.4. The van der Waals surface area contributed by atoms with Crippen molar-refractivity contribution in [3.63, 3.8) is 0 Å². The van der Waals surface area contributed by atoms with E-state index in [1.165, 1.54) is 4.40 Å². The van der Waals surface area contributed by atoms with Crippen LogP contribution in [0.25, 0.3) is 16.8 Å². The highest BCUT2D eigenvalue weighted by atomic mass is 16.3. The van der Waals surface area contributed by atoms with Gasteiger partial charge in [-0.15, -0.1) is 0 Å². The maximum atomic E-state index is 12.4. The van der Waals surface area contributed by atoms with E-state index in [2.05, 4.69) is 15.2 Å². The van der Waals surface area contributed by atoms with Crippen molar-refractivity contribution in [2.45, 2.75) is 33.6 Å². The highest BCUT2D eigenvalue weighted by Crippen LogP contribution is 2.34. The molecular weight excluding hydrogens is 280 g/mol. The number of H-pyrrole nitrogens is 1. The Morgan fingerprint density at radius 2 is 2.05 bits per heavy atom. The normalized spacial score (nSPS) is 11.5. The van der Waals surface area contributed by atoms with Crippen LogP contribution in [0.1, 0.15) is 36.7 Å². The number of aromatic nitrogens is 4. The molecule has 22 heavy (non-hydrogen) atoms. The summed E-state index contributed by atoms with van der Waals surface area (Å²) < 4.78 is 1.39. The zero-order valence-corrected chi connectivity index (χ0v) is 13.0. The van der Waals surface area contributed by atoms with Crippen LogP contribution in [0.3, 0.4) is 0 Å².